The zero-order chi connectivity index (χ0) is 17.6. The molecule has 0 bridgehead atoms. The van der Waals surface area contributed by atoms with Gasteiger partial charge in [0.15, 0.2) is 11.5 Å². The number of para-hydroxylation sites is 1. The maximum atomic E-state index is 12.7. The van der Waals surface area contributed by atoms with E-state index in [2.05, 4.69) is 15.5 Å². The van der Waals surface area contributed by atoms with E-state index < -0.39 is 5.97 Å². The summed E-state index contributed by atoms with van der Waals surface area (Å²) in [5.41, 5.74) is 0.953. The molecule has 7 nitrogen and oxygen atoms in total. The van der Waals surface area contributed by atoms with E-state index in [0.717, 1.165) is 5.56 Å². The lowest BCUT2D eigenvalue weighted by molar-refractivity contribution is -0.128. The Kier molecular flexibility index (Phi) is 4.84. The van der Waals surface area contributed by atoms with E-state index in [1.165, 1.54) is 4.68 Å². The van der Waals surface area contributed by atoms with Crippen molar-refractivity contribution in [2.75, 3.05) is 7.11 Å². The van der Waals surface area contributed by atoms with Crippen molar-refractivity contribution in [1.29, 1.82) is 0 Å². The van der Waals surface area contributed by atoms with Crippen LogP contribution in [0.5, 0.6) is 11.5 Å². The summed E-state index contributed by atoms with van der Waals surface area (Å²) in [5, 5.41) is 11.3. The Labute approximate surface area is 144 Å². The van der Waals surface area contributed by atoms with Crippen molar-refractivity contribution in [3.05, 3.63) is 66.0 Å². The van der Waals surface area contributed by atoms with Crippen LogP contribution in [0.15, 0.2) is 54.6 Å². The number of hydrogen-bond donors (Lipinski definition) is 0. The Hall–Kier alpha value is -3.48. The van der Waals surface area contributed by atoms with E-state index in [-0.39, 0.29) is 5.70 Å². The summed E-state index contributed by atoms with van der Waals surface area (Å²) in [6, 6.07) is 16.1. The summed E-state index contributed by atoms with van der Waals surface area (Å²) in [5.74, 6) is 1.02. The first kappa shape index (κ1) is 16.4. The number of ether oxygens (including phenoxy) is 2. The number of benzene rings is 2. The number of rotatable bonds is 5. The fourth-order valence-electron chi connectivity index (χ4n) is 2.20. The van der Waals surface area contributed by atoms with Gasteiger partial charge in [-0.15, -0.1) is 5.10 Å². The third-order valence-electron chi connectivity index (χ3n) is 3.41. The summed E-state index contributed by atoms with van der Waals surface area (Å²) < 4.78 is 12.0. The number of carbonyl (C=O) groups is 1. The molecule has 0 spiro atoms. The third kappa shape index (κ3) is 3.89. The average Bonchev–Trinajstić information content (AvgIpc) is 3.06. The molecule has 0 radical (unpaired) electrons. The highest BCUT2D eigenvalue weighted by Gasteiger charge is 2.18. The molecule has 25 heavy (non-hydrogen) atoms. The third-order valence-corrected chi connectivity index (χ3v) is 3.41. The van der Waals surface area contributed by atoms with Crippen LogP contribution >= 0.6 is 0 Å². The number of nitrogens with zero attached hydrogens (tertiary/aromatic N) is 4. The Morgan fingerprint density at radius 2 is 1.84 bits per heavy atom. The molecule has 3 aromatic rings. The van der Waals surface area contributed by atoms with E-state index in [1.54, 1.807) is 50.4 Å². The molecule has 1 aromatic heterocycles. The van der Waals surface area contributed by atoms with E-state index in [4.69, 9.17) is 9.47 Å². The summed E-state index contributed by atoms with van der Waals surface area (Å²) in [7, 11) is 1.58. The van der Waals surface area contributed by atoms with Gasteiger partial charge in [-0.2, -0.15) is 4.68 Å². The van der Waals surface area contributed by atoms with Crippen molar-refractivity contribution in [3.63, 3.8) is 0 Å². The Balaban J connectivity index is 1.99. The van der Waals surface area contributed by atoms with Crippen molar-refractivity contribution in [3.8, 4) is 11.5 Å². The molecular weight excluding hydrogens is 320 g/mol. The number of hydrogen-bond acceptors (Lipinski definition) is 6. The molecule has 126 valence electrons. The number of methoxy groups -OCH3 is 1. The summed E-state index contributed by atoms with van der Waals surface area (Å²) >= 11 is 0. The molecule has 0 unspecified atom stereocenters. The highest BCUT2D eigenvalue weighted by Crippen LogP contribution is 2.19. The minimum Gasteiger partial charge on any atom is -0.497 e. The van der Waals surface area contributed by atoms with Gasteiger partial charge in [0.1, 0.15) is 11.5 Å². The van der Waals surface area contributed by atoms with Crippen LogP contribution in [0, 0.1) is 6.92 Å². The van der Waals surface area contributed by atoms with Gasteiger partial charge in [0, 0.05) is 0 Å². The molecule has 7 heteroatoms. The maximum Gasteiger partial charge on any atom is 0.362 e. The first-order valence-electron chi connectivity index (χ1n) is 7.55. The van der Waals surface area contributed by atoms with Gasteiger partial charge in [0.25, 0.3) is 0 Å². The fraction of sp³-hybridized carbons (Fsp3) is 0.111. The van der Waals surface area contributed by atoms with Crippen LogP contribution in [0.25, 0.3) is 11.8 Å². The molecular formula is C18H16N4O3. The molecule has 0 aliphatic heterocycles. The van der Waals surface area contributed by atoms with Gasteiger partial charge in [-0.1, -0.05) is 30.3 Å². The van der Waals surface area contributed by atoms with Crippen LogP contribution in [-0.2, 0) is 4.79 Å². The van der Waals surface area contributed by atoms with Crippen molar-refractivity contribution in [1.82, 2.24) is 20.2 Å². The smallest absolute Gasteiger partial charge is 0.362 e. The number of tetrazole rings is 1. The van der Waals surface area contributed by atoms with Crippen molar-refractivity contribution < 1.29 is 14.3 Å². The Morgan fingerprint density at radius 3 is 2.52 bits per heavy atom. The quantitative estimate of drug-likeness (QED) is 0.405. The highest BCUT2D eigenvalue weighted by molar-refractivity contribution is 6.16. The van der Waals surface area contributed by atoms with E-state index in [0.29, 0.717) is 17.3 Å². The summed E-state index contributed by atoms with van der Waals surface area (Å²) in [6.07, 6.45) is 1.65. The van der Waals surface area contributed by atoms with Gasteiger partial charge in [0.2, 0.25) is 0 Å². The van der Waals surface area contributed by atoms with Crippen LogP contribution in [0.2, 0.25) is 0 Å². The molecule has 0 aliphatic carbocycles. The second-order valence-corrected chi connectivity index (χ2v) is 5.15. The predicted octanol–water partition coefficient (Wildman–Crippen LogP) is 2.59. The van der Waals surface area contributed by atoms with Crippen LogP contribution in [-0.4, -0.2) is 33.3 Å². The molecule has 3 rings (SSSR count). The normalized spacial score (nSPS) is 11.2. The molecule has 0 saturated carbocycles. The van der Waals surface area contributed by atoms with Gasteiger partial charge in [-0.05, 0) is 53.3 Å². The lowest BCUT2D eigenvalue weighted by Crippen LogP contribution is -2.17. The van der Waals surface area contributed by atoms with Crippen molar-refractivity contribution in [2.45, 2.75) is 6.92 Å². The zero-order valence-electron chi connectivity index (χ0n) is 13.8. The first-order chi connectivity index (χ1) is 12.2. The van der Waals surface area contributed by atoms with Crippen molar-refractivity contribution >= 4 is 17.7 Å². The molecule has 0 N–H and O–H groups in total. The lowest BCUT2D eigenvalue weighted by atomic mass is 10.2. The Morgan fingerprint density at radius 1 is 1.08 bits per heavy atom. The molecule has 0 aliphatic rings. The SMILES string of the molecule is COc1cccc(/C=C(/C(=O)Oc2ccccc2)n2nnnc2C)c1. The number of carbonyl (C=O) groups excluding carboxylic acids is 1. The minimum atomic E-state index is -0.565. The topological polar surface area (TPSA) is 79.1 Å². The van der Waals surface area contributed by atoms with E-state index in [1.807, 2.05) is 24.3 Å². The van der Waals surface area contributed by atoms with Gasteiger partial charge in [-0.25, -0.2) is 4.79 Å². The molecule has 0 atom stereocenters. The highest BCUT2D eigenvalue weighted by atomic mass is 16.5. The van der Waals surface area contributed by atoms with Gasteiger partial charge in [-0.3, -0.25) is 0 Å². The van der Waals surface area contributed by atoms with Crippen LogP contribution in [0.1, 0.15) is 11.4 Å². The molecule has 1 heterocycles. The number of aromatic nitrogens is 4. The summed E-state index contributed by atoms with van der Waals surface area (Å²) in [6.45, 7) is 1.70. The van der Waals surface area contributed by atoms with Gasteiger partial charge < -0.3 is 9.47 Å². The molecule has 0 amide bonds. The standard InChI is InChI=1S/C18H16N4O3/c1-13-19-20-21-22(13)17(12-14-7-6-10-16(11-14)24-2)18(23)25-15-8-4-3-5-9-15/h3-12H,1-2H3/b17-12-. The van der Waals surface area contributed by atoms with Gasteiger partial charge in [0.05, 0.1) is 7.11 Å². The molecule has 2 aromatic carbocycles. The van der Waals surface area contributed by atoms with Gasteiger partial charge >= 0.3 is 5.97 Å². The largest absolute Gasteiger partial charge is 0.497 e. The number of esters is 1. The van der Waals surface area contributed by atoms with E-state index >= 15 is 0 Å². The second-order valence-electron chi connectivity index (χ2n) is 5.15. The van der Waals surface area contributed by atoms with Crippen LogP contribution in [0.3, 0.4) is 0 Å². The maximum absolute atomic E-state index is 12.7. The molecule has 0 fully saturated rings. The second kappa shape index (κ2) is 7.39. The average molecular weight is 336 g/mol. The first-order valence-corrected chi connectivity index (χ1v) is 7.55. The van der Waals surface area contributed by atoms with Crippen LogP contribution < -0.4 is 9.47 Å². The zero-order valence-corrected chi connectivity index (χ0v) is 13.8. The molecule has 0 saturated heterocycles. The van der Waals surface area contributed by atoms with Crippen LogP contribution in [0.4, 0.5) is 0 Å². The Bertz CT molecular complexity index is 903. The lowest BCUT2D eigenvalue weighted by Gasteiger charge is -2.09. The fourth-order valence-corrected chi connectivity index (χ4v) is 2.20. The predicted molar refractivity (Wildman–Crippen MR) is 91.8 cm³/mol. The van der Waals surface area contributed by atoms with Crippen molar-refractivity contribution in [2.24, 2.45) is 0 Å². The monoisotopic (exact) mass is 336 g/mol. The summed E-state index contributed by atoms with van der Waals surface area (Å²) in [4.78, 5) is 12.7. The van der Waals surface area contributed by atoms with E-state index in [9.17, 15) is 4.79 Å². The minimum absolute atomic E-state index is 0.194. The number of aryl methyl sites for hydroxylation is 1.